The molecule has 1 aromatic heterocycles. The van der Waals surface area contributed by atoms with Gasteiger partial charge in [0.25, 0.3) is 0 Å². The minimum atomic E-state index is -1.01. The van der Waals surface area contributed by atoms with Gasteiger partial charge in [0.05, 0.1) is 16.3 Å². The predicted octanol–water partition coefficient (Wildman–Crippen LogP) is 4.14. The van der Waals surface area contributed by atoms with Crippen LogP contribution in [0.3, 0.4) is 0 Å². The zero-order valence-corrected chi connectivity index (χ0v) is 9.70. The molecule has 0 amide bonds. The molecular formula is C11H4Cl2F2N2. The highest BCUT2D eigenvalue weighted by Crippen LogP contribution is 2.34. The van der Waals surface area contributed by atoms with Crippen LogP contribution in [0.2, 0.25) is 10.2 Å². The summed E-state index contributed by atoms with van der Waals surface area (Å²) in [4.78, 5) is 2.65. The highest BCUT2D eigenvalue weighted by Gasteiger charge is 2.16. The van der Waals surface area contributed by atoms with Crippen LogP contribution in [0.1, 0.15) is 5.56 Å². The third kappa shape index (κ3) is 1.99. The molecule has 0 unspecified atom stereocenters. The monoisotopic (exact) mass is 272 g/mol. The number of rotatable bonds is 1. The fourth-order valence-electron chi connectivity index (χ4n) is 1.42. The number of halogens is 4. The van der Waals surface area contributed by atoms with Gasteiger partial charge in [0.1, 0.15) is 11.2 Å². The first-order valence-electron chi connectivity index (χ1n) is 4.47. The molecule has 2 rings (SSSR count). The van der Waals surface area contributed by atoms with E-state index in [1.54, 1.807) is 0 Å². The normalized spacial score (nSPS) is 10.3. The minimum absolute atomic E-state index is 0.0638. The van der Waals surface area contributed by atoms with E-state index in [9.17, 15) is 8.78 Å². The van der Waals surface area contributed by atoms with Crippen molar-refractivity contribution in [3.63, 3.8) is 0 Å². The van der Waals surface area contributed by atoms with Gasteiger partial charge in [0.2, 0.25) is 0 Å². The zero-order chi connectivity index (χ0) is 12.6. The third-order valence-corrected chi connectivity index (χ3v) is 2.98. The molecule has 0 atom stereocenters. The molecular weight excluding hydrogens is 269 g/mol. The van der Waals surface area contributed by atoms with E-state index in [4.69, 9.17) is 28.5 Å². The molecule has 0 aliphatic heterocycles. The van der Waals surface area contributed by atoms with Crippen LogP contribution < -0.4 is 0 Å². The second-order valence-electron chi connectivity index (χ2n) is 3.24. The summed E-state index contributed by atoms with van der Waals surface area (Å²) in [7, 11) is 0. The fraction of sp³-hybridized carbons (Fsp3) is 0. The number of benzene rings is 1. The number of H-pyrrole nitrogens is 1. The van der Waals surface area contributed by atoms with Crippen molar-refractivity contribution in [3.05, 3.63) is 45.6 Å². The van der Waals surface area contributed by atoms with Gasteiger partial charge in [-0.1, -0.05) is 23.2 Å². The maximum Gasteiger partial charge on any atom is 0.159 e. The molecule has 2 aromatic rings. The molecule has 2 nitrogen and oxygen atoms in total. The van der Waals surface area contributed by atoms with Gasteiger partial charge >= 0.3 is 0 Å². The van der Waals surface area contributed by atoms with Gasteiger partial charge in [-0.25, -0.2) is 8.78 Å². The van der Waals surface area contributed by atoms with Crippen molar-refractivity contribution in [3.8, 4) is 17.3 Å². The number of nitrogens with one attached hydrogen (secondary N) is 1. The average Bonchev–Trinajstić information content (AvgIpc) is 2.59. The summed E-state index contributed by atoms with van der Waals surface area (Å²) in [6, 6.07) is 5.12. The topological polar surface area (TPSA) is 39.6 Å². The highest BCUT2D eigenvalue weighted by atomic mass is 35.5. The van der Waals surface area contributed by atoms with Crippen molar-refractivity contribution < 1.29 is 8.78 Å². The third-order valence-electron chi connectivity index (χ3n) is 2.22. The molecule has 0 radical (unpaired) electrons. The lowest BCUT2D eigenvalue weighted by Crippen LogP contribution is -1.87. The summed E-state index contributed by atoms with van der Waals surface area (Å²) in [5.41, 5.74) is 0.665. The number of hydrogen-bond donors (Lipinski definition) is 1. The van der Waals surface area contributed by atoms with Crippen LogP contribution in [0.5, 0.6) is 0 Å². The van der Waals surface area contributed by atoms with Crippen LogP contribution in [0.15, 0.2) is 18.2 Å². The van der Waals surface area contributed by atoms with Crippen molar-refractivity contribution in [1.82, 2.24) is 4.98 Å². The molecule has 17 heavy (non-hydrogen) atoms. The summed E-state index contributed by atoms with van der Waals surface area (Å²) in [6.45, 7) is 0. The van der Waals surface area contributed by atoms with Crippen LogP contribution in [0.25, 0.3) is 11.3 Å². The molecule has 0 saturated carbocycles. The summed E-state index contributed by atoms with van der Waals surface area (Å²) in [5, 5.41) is 9.07. The lowest BCUT2D eigenvalue weighted by atomic mass is 10.1. The van der Waals surface area contributed by atoms with E-state index >= 15 is 0 Å². The van der Waals surface area contributed by atoms with E-state index < -0.39 is 11.6 Å². The van der Waals surface area contributed by atoms with Crippen LogP contribution in [0, 0.1) is 23.0 Å². The van der Waals surface area contributed by atoms with Gasteiger partial charge in [-0.05, 0) is 18.2 Å². The Morgan fingerprint density at radius 3 is 2.47 bits per heavy atom. The Morgan fingerprint density at radius 2 is 1.88 bits per heavy atom. The number of nitriles is 1. The molecule has 0 aliphatic carbocycles. The maximum atomic E-state index is 13.1. The first-order valence-corrected chi connectivity index (χ1v) is 5.22. The summed E-state index contributed by atoms with van der Waals surface area (Å²) in [5.74, 6) is -1.97. The minimum Gasteiger partial charge on any atom is -0.343 e. The second-order valence-corrected chi connectivity index (χ2v) is 4.00. The van der Waals surface area contributed by atoms with Gasteiger partial charge < -0.3 is 4.98 Å². The van der Waals surface area contributed by atoms with Crippen molar-refractivity contribution in [2.75, 3.05) is 0 Å². The van der Waals surface area contributed by atoms with Crippen LogP contribution in [-0.2, 0) is 0 Å². The van der Waals surface area contributed by atoms with Gasteiger partial charge in [-0.15, -0.1) is 0 Å². The molecule has 0 aliphatic rings. The number of aromatic amines is 1. The van der Waals surface area contributed by atoms with Gasteiger partial charge in [0.15, 0.2) is 11.6 Å². The Balaban J connectivity index is 2.65. The van der Waals surface area contributed by atoms with Crippen LogP contribution >= 0.6 is 23.2 Å². The quantitative estimate of drug-likeness (QED) is 0.833. The van der Waals surface area contributed by atoms with Gasteiger partial charge in [-0.2, -0.15) is 5.26 Å². The number of nitrogens with zero attached hydrogens (tertiary/aromatic N) is 1. The van der Waals surface area contributed by atoms with Crippen LogP contribution in [0.4, 0.5) is 8.78 Å². The van der Waals surface area contributed by atoms with Crippen molar-refractivity contribution >= 4 is 23.2 Å². The van der Waals surface area contributed by atoms with E-state index in [2.05, 4.69) is 4.98 Å². The molecule has 0 bridgehead atoms. The molecule has 86 valence electrons. The summed E-state index contributed by atoms with van der Waals surface area (Å²) >= 11 is 11.5. The van der Waals surface area contributed by atoms with E-state index in [0.717, 1.165) is 12.1 Å². The molecule has 1 N–H and O–H groups in total. The van der Waals surface area contributed by atoms with E-state index in [0.29, 0.717) is 5.56 Å². The molecule has 6 heteroatoms. The van der Waals surface area contributed by atoms with Crippen LogP contribution in [-0.4, -0.2) is 4.98 Å². The smallest absolute Gasteiger partial charge is 0.159 e. The van der Waals surface area contributed by atoms with E-state index in [1.165, 1.54) is 6.07 Å². The molecule has 1 heterocycles. The van der Waals surface area contributed by atoms with E-state index in [1.807, 2.05) is 6.07 Å². The van der Waals surface area contributed by atoms with Crippen molar-refractivity contribution in [2.45, 2.75) is 0 Å². The van der Waals surface area contributed by atoms with Crippen molar-refractivity contribution in [2.24, 2.45) is 0 Å². The summed E-state index contributed by atoms with van der Waals surface area (Å²) in [6.07, 6.45) is 0. The lowest BCUT2D eigenvalue weighted by Gasteiger charge is -2.00. The number of hydrogen-bond acceptors (Lipinski definition) is 1. The molecule has 1 aromatic carbocycles. The first-order chi connectivity index (χ1) is 8.04. The molecule has 0 saturated heterocycles. The average molecular weight is 273 g/mol. The predicted molar refractivity (Wildman–Crippen MR) is 60.9 cm³/mol. The second kappa shape index (κ2) is 4.36. The van der Waals surface area contributed by atoms with E-state index in [-0.39, 0.29) is 21.4 Å². The Labute approximate surface area is 105 Å². The Bertz CT molecular complexity index is 629. The molecule has 0 spiro atoms. The molecule has 0 fully saturated rings. The Morgan fingerprint density at radius 1 is 1.18 bits per heavy atom. The lowest BCUT2D eigenvalue weighted by molar-refractivity contribution is 0.509. The maximum absolute atomic E-state index is 13.1. The highest BCUT2D eigenvalue weighted by molar-refractivity contribution is 6.42. The fourth-order valence-corrected chi connectivity index (χ4v) is 1.79. The number of aromatic nitrogens is 1. The zero-order valence-electron chi connectivity index (χ0n) is 8.19. The van der Waals surface area contributed by atoms with Crippen molar-refractivity contribution in [1.29, 1.82) is 5.26 Å². The standard InChI is InChI=1S/C11H4Cl2F2N2/c12-9-6(4-16)10(17-11(9)13)5-1-2-7(14)8(15)3-5/h1-3,17H. The largest absolute Gasteiger partial charge is 0.343 e. The van der Waals surface area contributed by atoms with Gasteiger partial charge in [0, 0.05) is 5.56 Å². The first kappa shape index (κ1) is 11.9. The Kier molecular flexibility index (Phi) is 3.05. The summed E-state index contributed by atoms with van der Waals surface area (Å²) < 4.78 is 25.8. The Hall–Kier alpha value is -1.57. The SMILES string of the molecule is N#Cc1c(-c2ccc(F)c(F)c2)[nH]c(Cl)c1Cl. The van der Waals surface area contributed by atoms with Gasteiger partial charge in [-0.3, -0.25) is 0 Å².